The highest BCUT2D eigenvalue weighted by Crippen LogP contribution is 2.31. The second-order valence-corrected chi connectivity index (χ2v) is 7.27. The van der Waals surface area contributed by atoms with Crippen LogP contribution in [0.25, 0.3) is 22.8 Å². The van der Waals surface area contributed by atoms with Gasteiger partial charge in [0.1, 0.15) is 19.0 Å². The lowest BCUT2D eigenvalue weighted by atomic mass is 10.1. The fourth-order valence-electron chi connectivity index (χ4n) is 3.44. The molecule has 33 heavy (non-hydrogen) atoms. The summed E-state index contributed by atoms with van der Waals surface area (Å²) in [4.78, 5) is 17.2. The Kier molecular flexibility index (Phi) is 5.63. The first-order chi connectivity index (χ1) is 16.2. The number of rotatable bonds is 6. The van der Waals surface area contributed by atoms with Gasteiger partial charge in [-0.3, -0.25) is 4.79 Å². The first-order valence-corrected chi connectivity index (χ1v) is 10.6. The minimum absolute atomic E-state index is 0.257. The maximum atomic E-state index is 12.7. The molecule has 4 aromatic rings. The number of carbonyl (C=O) groups is 1. The van der Waals surface area contributed by atoms with E-state index in [1.54, 1.807) is 30.3 Å². The average molecular weight is 443 g/mol. The Labute approximate surface area is 190 Å². The van der Waals surface area contributed by atoms with E-state index >= 15 is 0 Å². The van der Waals surface area contributed by atoms with Crippen molar-refractivity contribution in [3.05, 3.63) is 72.3 Å². The normalized spacial score (nSPS) is 12.3. The van der Waals surface area contributed by atoms with Gasteiger partial charge in [-0.05, 0) is 61.5 Å². The van der Waals surface area contributed by atoms with Crippen LogP contribution in [0.1, 0.15) is 17.3 Å². The summed E-state index contributed by atoms with van der Waals surface area (Å²) >= 11 is 0. The molecule has 1 N–H and O–H groups in total. The number of nitrogens with zero attached hydrogens (tertiary/aromatic N) is 2. The molecule has 0 aliphatic carbocycles. The van der Waals surface area contributed by atoms with Gasteiger partial charge in [0.15, 0.2) is 11.5 Å². The van der Waals surface area contributed by atoms with Gasteiger partial charge in [0.05, 0.1) is 6.61 Å². The third kappa shape index (κ3) is 4.50. The van der Waals surface area contributed by atoms with Crippen molar-refractivity contribution in [1.82, 2.24) is 10.1 Å². The highest BCUT2D eigenvalue weighted by molar-refractivity contribution is 6.04. The SMILES string of the molecule is CCOc1ccc(-c2nc(-c3cccc(NC(=O)c4ccc5c(c4)OCCO5)c3)no2)cc1. The Morgan fingerprint density at radius 3 is 2.61 bits per heavy atom. The molecule has 1 aliphatic heterocycles. The fraction of sp³-hybridized carbons (Fsp3) is 0.160. The van der Waals surface area contributed by atoms with Crippen LogP contribution in [0.4, 0.5) is 5.69 Å². The van der Waals surface area contributed by atoms with Gasteiger partial charge >= 0.3 is 0 Å². The smallest absolute Gasteiger partial charge is 0.258 e. The molecule has 8 heteroatoms. The molecular formula is C25H21N3O5. The van der Waals surface area contributed by atoms with Crippen molar-refractivity contribution in [3.63, 3.8) is 0 Å². The van der Waals surface area contributed by atoms with E-state index in [1.165, 1.54) is 0 Å². The number of hydrogen-bond acceptors (Lipinski definition) is 7. The third-order valence-electron chi connectivity index (χ3n) is 5.02. The fourth-order valence-corrected chi connectivity index (χ4v) is 3.44. The number of ether oxygens (including phenoxy) is 3. The van der Waals surface area contributed by atoms with Crippen molar-refractivity contribution >= 4 is 11.6 Å². The van der Waals surface area contributed by atoms with Gasteiger partial charge in [-0.25, -0.2) is 0 Å². The monoisotopic (exact) mass is 443 g/mol. The van der Waals surface area contributed by atoms with E-state index in [1.807, 2.05) is 43.3 Å². The number of hydrogen-bond donors (Lipinski definition) is 1. The first-order valence-electron chi connectivity index (χ1n) is 10.6. The van der Waals surface area contributed by atoms with Crippen LogP contribution in [0.15, 0.2) is 71.3 Å². The number of fused-ring (bicyclic) bond motifs is 1. The van der Waals surface area contributed by atoms with Crippen LogP contribution in [0.3, 0.4) is 0 Å². The Morgan fingerprint density at radius 1 is 0.970 bits per heavy atom. The second kappa shape index (κ2) is 9.04. The molecule has 1 aromatic heterocycles. The van der Waals surface area contributed by atoms with Crippen LogP contribution in [0.5, 0.6) is 17.2 Å². The van der Waals surface area contributed by atoms with Crippen LogP contribution in [-0.4, -0.2) is 35.9 Å². The number of benzene rings is 3. The average Bonchev–Trinajstić information content (AvgIpc) is 3.35. The zero-order valence-electron chi connectivity index (χ0n) is 17.9. The molecular weight excluding hydrogens is 422 g/mol. The number of amides is 1. The highest BCUT2D eigenvalue weighted by atomic mass is 16.6. The van der Waals surface area contributed by atoms with Crippen molar-refractivity contribution in [3.8, 4) is 40.1 Å². The lowest BCUT2D eigenvalue weighted by molar-refractivity contribution is 0.102. The molecule has 8 nitrogen and oxygen atoms in total. The van der Waals surface area contributed by atoms with E-state index in [-0.39, 0.29) is 5.91 Å². The van der Waals surface area contributed by atoms with E-state index in [0.717, 1.165) is 16.9 Å². The van der Waals surface area contributed by atoms with Gasteiger partial charge in [0.2, 0.25) is 5.82 Å². The Morgan fingerprint density at radius 2 is 1.79 bits per heavy atom. The Balaban J connectivity index is 1.32. The topological polar surface area (TPSA) is 95.7 Å². The molecule has 166 valence electrons. The highest BCUT2D eigenvalue weighted by Gasteiger charge is 2.16. The second-order valence-electron chi connectivity index (χ2n) is 7.27. The zero-order chi connectivity index (χ0) is 22.6. The molecule has 0 fully saturated rings. The summed E-state index contributed by atoms with van der Waals surface area (Å²) in [5, 5.41) is 6.98. The summed E-state index contributed by atoms with van der Waals surface area (Å²) in [7, 11) is 0. The van der Waals surface area contributed by atoms with Crippen LogP contribution >= 0.6 is 0 Å². The summed E-state index contributed by atoms with van der Waals surface area (Å²) in [5.74, 6) is 2.55. The molecule has 0 spiro atoms. The molecule has 0 bridgehead atoms. The molecule has 0 atom stereocenters. The van der Waals surface area contributed by atoms with Crippen LogP contribution in [-0.2, 0) is 0 Å². The van der Waals surface area contributed by atoms with Crippen molar-refractivity contribution in [1.29, 1.82) is 0 Å². The molecule has 0 saturated heterocycles. The molecule has 0 unspecified atom stereocenters. The lowest BCUT2D eigenvalue weighted by Gasteiger charge is -2.18. The van der Waals surface area contributed by atoms with E-state index in [4.69, 9.17) is 18.7 Å². The third-order valence-corrected chi connectivity index (χ3v) is 5.02. The number of carbonyl (C=O) groups excluding carboxylic acids is 1. The molecule has 3 aromatic carbocycles. The van der Waals surface area contributed by atoms with E-state index in [9.17, 15) is 4.79 Å². The number of aromatic nitrogens is 2. The van der Waals surface area contributed by atoms with Crippen LogP contribution in [0, 0.1) is 0 Å². The molecule has 1 aliphatic rings. The Hall–Kier alpha value is -4.33. The van der Waals surface area contributed by atoms with Gasteiger partial charge in [-0.1, -0.05) is 17.3 Å². The minimum atomic E-state index is -0.257. The first kappa shape index (κ1) is 20.6. The van der Waals surface area contributed by atoms with Crippen molar-refractivity contribution < 1.29 is 23.5 Å². The molecule has 1 amide bonds. The molecule has 0 saturated carbocycles. The van der Waals surface area contributed by atoms with Crippen molar-refractivity contribution in [2.75, 3.05) is 25.1 Å². The summed E-state index contributed by atoms with van der Waals surface area (Å²) in [6.45, 7) is 3.50. The quantitative estimate of drug-likeness (QED) is 0.456. The van der Waals surface area contributed by atoms with E-state index in [0.29, 0.717) is 54.3 Å². The molecule has 2 heterocycles. The largest absolute Gasteiger partial charge is 0.494 e. The maximum Gasteiger partial charge on any atom is 0.258 e. The standard InChI is InChI=1S/C25H21N3O5/c1-2-30-20-9-6-16(7-10-20)25-27-23(28-33-25)17-4-3-5-19(14-17)26-24(29)18-8-11-21-22(15-18)32-13-12-31-21/h3-11,14-15H,2,12-13H2,1H3,(H,26,29). The van der Waals surface area contributed by atoms with E-state index in [2.05, 4.69) is 15.5 Å². The lowest BCUT2D eigenvalue weighted by Crippen LogP contribution is -2.17. The zero-order valence-corrected chi connectivity index (χ0v) is 17.9. The van der Waals surface area contributed by atoms with Crippen molar-refractivity contribution in [2.45, 2.75) is 6.92 Å². The van der Waals surface area contributed by atoms with Gasteiger partial charge in [0, 0.05) is 22.4 Å². The minimum Gasteiger partial charge on any atom is -0.494 e. The van der Waals surface area contributed by atoms with Crippen molar-refractivity contribution in [2.24, 2.45) is 0 Å². The number of nitrogens with one attached hydrogen (secondary N) is 1. The summed E-state index contributed by atoms with van der Waals surface area (Å²) in [6.07, 6.45) is 0. The maximum absolute atomic E-state index is 12.7. The summed E-state index contributed by atoms with van der Waals surface area (Å²) in [6, 6.07) is 19.8. The van der Waals surface area contributed by atoms with Gasteiger partial charge in [0.25, 0.3) is 11.8 Å². The van der Waals surface area contributed by atoms with Gasteiger partial charge in [-0.15, -0.1) is 0 Å². The van der Waals surface area contributed by atoms with E-state index < -0.39 is 0 Å². The van der Waals surface area contributed by atoms with Crippen LogP contribution < -0.4 is 19.5 Å². The Bertz CT molecular complexity index is 1280. The number of anilines is 1. The van der Waals surface area contributed by atoms with Gasteiger partial charge < -0.3 is 24.1 Å². The van der Waals surface area contributed by atoms with Gasteiger partial charge in [-0.2, -0.15) is 4.98 Å². The molecule has 5 rings (SSSR count). The predicted molar refractivity (Wildman–Crippen MR) is 122 cm³/mol. The predicted octanol–water partition coefficient (Wildman–Crippen LogP) is 4.83. The summed E-state index contributed by atoms with van der Waals surface area (Å²) < 4.78 is 22.0. The molecule has 0 radical (unpaired) electrons. The summed E-state index contributed by atoms with van der Waals surface area (Å²) in [5.41, 5.74) is 2.60. The van der Waals surface area contributed by atoms with Crippen LogP contribution in [0.2, 0.25) is 0 Å².